The summed E-state index contributed by atoms with van der Waals surface area (Å²) in [6.45, 7) is 6.96. The van der Waals surface area contributed by atoms with Crippen LogP contribution in [0.5, 0.6) is 0 Å². The predicted molar refractivity (Wildman–Crippen MR) is 112 cm³/mol. The first-order valence-corrected chi connectivity index (χ1v) is 10.5. The van der Waals surface area contributed by atoms with Crippen molar-refractivity contribution in [1.29, 1.82) is 0 Å². The molecular formula is C21H23N3O4S. The van der Waals surface area contributed by atoms with Gasteiger partial charge >= 0.3 is 0 Å². The second-order valence-electron chi connectivity index (χ2n) is 7.88. The van der Waals surface area contributed by atoms with E-state index in [0.29, 0.717) is 10.9 Å². The number of hydrogen-bond acceptors (Lipinski definition) is 5. The number of rotatable bonds is 3. The smallest absolute Gasteiger partial charge is 0.253 e. The molecule has 0 saturated heterocycles. The van der Waals surface area contributed by atoms with Crippen molar-refractivity contribution in [2.45, 2.75) is 43.0 Å². The lowest BCUT2D eigenvalue weighted by atomic mass is 10.1. The number of anilines is 1. The quantitative estimate of drug-likeness (QED) is 0.640. The Kier molecular flexibility index (Phi) is 5.00. The topological polar surface area (TPSA) is 111 Å². The number of nitrogens with two attached hydrogens (primary N) is 1. The second-order valence-corrected chi connectivity index (χ2v) is 9.83. The summed E-state index contributed by atoms with van der Waals surface area (Å²) in [7, 11) is -3.85. The average Bonchev–Trinajstić information content (AvgIpc) is 3.03. The molecule has 0 radical (unpaired) electrons. The van der Waals surface area contributed by atoms with Crippen molar-refractivity contribution in [2.75, 3.05) is 5.73 Å². The lowest BCUT2D eigenvalue weighted by Crippen LogP contribution is -2.40. The van der Waals surface area contributed by atoms with E-state index in [4.69, 9.17) is 5.73 Å². The first kappa shape index (κ1) is 20.6. The van der Waals surface area contributed by atoms with Crippen molar-refractivity contribution >= 4 is 38.2 Å². The van der Waals surface area contributed by atoms with E-state index in [1.807, 2.05) is 20.8 Å². The van der Waals surface area contributed by atoms with E-state index in [-0.39, 0.29) is 32.9 Å². The van der Waals surface area contributed by atoms with Gasteiger partial charge in [-0.25, -0.2) is 8.42 Å². The number of sulfone groups is 1. The highest BCUT2D eigenvalue weighted by atomic mass is 32.2. The zero-order chi connectivity index (χ0) is 21.6. The summed E-state index contributed by atoms with van der Waals surface area (Å²) in [6, 6.07) is 10.3. The summed E-state index contributed by atoms with van der Waals surface area (Å²) in [5.74, 6) is -0.529. The molecule has 8 heteroatoms. The minimum Gasteiger partial charge on any atom is -0.398 e. The molecule has 1 amide bonds. The maximum absolute atomic E-state index is 13.1. The molecule has 0 saturated carbocycles. The molecule has 0 aliphatic heterocycles. The summed E-state index contributed by atoms with van der Waals surface area (Å²) in [5.41, 5.74) is 6.46. The maximum Gasteiger partial charge on any atom is 0.253 e. The molecule has 3 rings (SSSR count). The van der Waals surface area contributed by atoms with Crippen LogP contribution < -0.4 is 11.1 Å². The molecule has 0 atom stereocenters. The Morgan fingerprint density at radius 3 is 2.21 bits per heavy atom. The van der Waals surface area contributed by atoms with Crippen molar-refractivity contribution in [2.24, 2.45) is 0 Å². The Bertz CT molecular complexity index is 1230. The Hall–Kier alpha value is -3.13. The number of nitrogen functional groups attached to an aromatic ring is 1. The third kappa shape index (κ3) is 4.02. The fourth-order valence-electron chi connectivity index (χ4n) is 3.02. The maximum atomic E-state index is 13.1. The van der Waals surface area contributed by atoms with E-state index in [0.717, 1.165) is 0 Å². The van der Waals surface area contributed by atoms with Crippen LogP contribution >= 0.6 is 0 Å². The van der Waals surface area contributed by atoms with Gasteiger partial charge in [-0.2, -0.15) is 0 Å². The van der Waals surface area contributed by atoms with Gasteiger partial charge in [0.2, 0.25) is 15.7 Å². The van der Waals surface area contributed by atoms with Gasteiger partial charge in [0.05, 0.1) is 20.9 Å². The van der Waals surface area contributed by atoms with Gasteiger partial charge in [-0.15, -0.1) is 0 Å². The van der Waals surface area contributed by atoms with E-state index in [2.05, 4.69) is 5.32 Å². The Labute approximate surface area is 169 Å². The minimum absolute atomic E-state index is 0.00680. The van der Waals surface area contributed by atoms with Gasteiger partial charge in [0.15, 0.2) is 0 Å². The Balaban J connectivity index is 1.99. The van der Waals surface area contributed by atoms with Gasteiger partial charge in [0.1, 0.15) is 0 Å². The van der Waals surface area contributed by atoms with E-state index in [9.17, 15) is 18.0 Å². The molecule has 0 aliphatic carbocycles. The normalized spacial score (nSPS) is 12.1. The lowest BCUT2D eigenvalue weighted by Gasteiger charge is -2.21. The molecule has 0 spiro atoms. The molecular weight excluding hydrogens is 390 g/mol. The van der Waals surface area contributed by atoms with Crippen LogP contribution in [0.1, 0.15) is 42.8 Å². The van der Waals surface area contributed by atoms with Crippen LogP contribution in [0.4, 0.5) is 5.69 Å². The molecule has 0 bridgehead atoms. The van der Waals surface area contributed by atoms with Gasteiger partial charge in [0, 0.05) is 29.7 Å². The summed E-state index contributed by atoms with van der Waals surface area (Å²) in [5, 5.41) is 3.43. The van der Waals surface area contributed by atoms with Crippen LogP contribution in [-0.2, 0) is 9.84 Å². The Morgan fingerprint density at radius 2 is 1.62 bits per heavy atom. The van der Waals surface area contributed by atoms with Crippen molar-refractivity contribution in [1.82, 2.24) is 9.88 Å². The number of hydrogen-bond donors (Lipinski definition) is 2. The van der Waals surface area contributed by atoms with E-state index >= 15 is 0 Å². The molecule has 29 heavy (non-hydrogen) atoms. The molecule has 3 aromatic rings. The van der Waals surface area contributed by atoms with Gasteiger partial charge < -0.3 is 11.1 Å². The number of fused-ring (bicyclic) bond motifs is 1. The predicted octanol–water partition coefficient (Wildman–Crippen LogP) is 3.24. The van der Waals surface area contributed by atoms with Crippen LogP contribution in [-0.4, -0.2) is 30.3 Å². The SMILES string of the molecule is CC(=O)n1ccc2cc(S(=O)(=O)c3ccc(C(=O)NC(C)(C)C)c(N)c3)ccc21. The number of amides is 1. The Morgan fingerprint density at radius 1 is 1.00 bits per heavy atom. The van der Waals surface area contributed by atoms with Gasteiger partial charge in [0.25, 0.3) is 5.91 Å². The number of nitrogens with zero attached hydrogens (tertiary/aromatic N) is 1. The zero-order valence-electron chi connectivity index (χ0n) is 16.7. The third-order valence-corrected chi connectivity index (χ3v) is 6.13. The molecule has 7 nitrogen and oxygen atoms in total. The fraction of sp³-hybridized carbons (Fsp3) is 0.238. The first-order valence-electron chi connectivity index (χ1n) is 8.99. The number of benzene rings is 2. The van der Waals surface area contributed by atoms with Crippen LogP contribution in [0.15, 0.2) is 58.5 Å². The number of aromatic nitrogens is 1. The highest BCUT2D eigenvalue weighted by molar-refractivity contribution is 7.91. The monoisotopic (exact) mass is 413 g/mol. The molecule has 0 unspecified atom stereocenters. The van der Waals surface area contributed by atoms with Gasteiger partial charge in [-0.1, -0.05) is 0 Å². The summed E-state index contributed by atoms with van der Waals surface area (Å²) >= 11 is 0. The highest BCUT2D eigenvalue weighted by Gasteiger charge is 2.22. The lowest BCUT2D eigenvalue weighted by molar-refractivity contribution is 0.0917. The van der Waals surface area contributed by atoms with Crippen LogP contribution in [0.2, 0.25) is 0 Å². The van der Waals surface area contributed by atoms with Gasteiger partial charge in [-0.05, 0) is 63.2 Å². The molecule has 0 fully saturated rings. The molecule has 152 valence electrons. The molecule has 0 aliphatic rings. The largest absolute Gasteiger partial charge is 0.398 e. The number of nitrogens with one attached hydrogen (secondary N) is 1. The summed E-state index contributed by atoms with van der Waals surface area (Å²) in [6.07, 6.45) is 1.60. The highest BCUT2D eigenvalue weighted by Crippen LogP contribution is 2.28. The number of carbonyl (C=O) groups excluding carboxylic acids is 2. The molecule has 3 N–H and O–H groups in total. The van der Waals surface area contributed by atoms with Crippen LogP contribution in [0.25, 0.3) is 10.9 Å². The van der Waals surface area contributed by atoms with E-state index in [1.165, 1.54) is 41.8 Å². The summed E-state index contributed by atoms with van der Waals surface area (Å²) in [4.78, 5) is 24.1. The molecule has 1 heterocycles. The molecule has 2 aromatic carbocycles. The standard InChI is InChI=1S/C21H23N3O4S/c1-13(25)24-10-9-14-11-15(6-8-19(14)24)29(27,28)16-5-7-17(18(22)12-16)20(26)23-21(2,3)4/h5-12H,22H2,1-4H3,(H,23,26). The zero-order valence-corrected chi connectivity index (χ0v) is 17.5. The van der Waals surface area contributed by atoms with E-state index < -0.39 is 15.4 Å². The van der Waals surface area contributed by atoms with Gasteiger partial charge in [-0.3, -0.25) is 14.2 Å². The second kappa shape index (κ2) is 7.04. The first-order chi connectivity index (χ1) is 13.4. The van der Waals surface area contributed by atoms with Crippen molar-refractivity contribution in [3.05, 3.63) is 54.2 Å². The minimum atomic E-state index is -3.85. The van der Waals surface area contributed by atoms with Crippen molar-refractivity contribution in [3.8, 4) is 0 Å². The van der Waals surface area contributed by atoms with Crippen LogP contribution in [0.3, 0.4) is 0 Å². The molecule has 1 aromatic heterocycles. The fourth-order valence-corrected chi connectivity index (χ4v) is 4.35. The number of carbonyl (C=O) groups is 2. The van der Waals surface area contributed by atoms with E-state index in [1.54, 1.807) is 18.3 Å². The van der Waals surface area contributed by atoms with Crippen molar-refractivity contribution in [3.63, 3.8) is 0 Å². The van der Waals surface area contributed by atoms with Crippen molar-refractivity contribution < 1.29 is 18.0 Å². The average molecular weight is 413 g/mol. The third-order valence-electron chi connectivity index (χ3n) is 4.38. The van der Waals surface area contributed by atoms with Crippen LogP contribution in [0, 0.1) is 0 Å². The summed E-state index contributed by atoms with van der Waals surface area (Å²) < 4.78 is 27.6.